The van der Waals surface area contributed by atoms with Crippen LogP contribution in [0.15, 0.2) is 54.6 Å². The topological polar surface area (TPSA) is 64.4 Å². The average Bonchev–Trinajstić information content (AvgIpc) is 3.24. The van der Waals surface area contributed by atoms with Crippen LogP contribution in [0, 0.1) is 0 Å². The number of ether oxygens (including phenoxy) is 1. The van der Waals surface area contributed by atoms with Crippen LogP contribution in [0.1, 0.15) is 30.7 Å². The van der Waals surface area contributed by atoms with Crippen molar-refractivity contribution in [2.24, 2.45) is 0 Å². The summed E-state index contributed by atoms with van der Waals surface area (Å²) in [6.07, 6.45) is 0.402. The Bertz CT molecular complexity index is 997. The monoisotopic (exact) mass is 377 g/mol. The lowest BCUT2D eigenvalue weighted by Crippen LogP contribution is -2.24. The van der Waals surface area contributed by atoms with Gasteiger partial charge in [-0.15, -0.1) is 0 Å². The highest BCUT2D eigenvalue weighted by molar-refractivity contribution is 5.82. The first-order valence-corrected chi connectivity index (χ1v) is 9.58. The van der Waals surface area contributed by atoms with Gasteiger partial charge in [-0.3, -0.25) is 9.59 Å². The van der Waals surface area contributed by atoms with E-state index in [9.17, 15) is 9.59 Å². The van der Waals surface area contributed by atoms with Crippen LogP contribution in [0.5, 0.6) is 0 Å². The van der Waals surface area contributed by atoms with E-state index in [2.05, 4.69) is 0 Å². The summed E-state index contributed by atoms with van der Waals surface area (Å²) in [4.78, 5) is 31.4. The molecule has 2 heterocycles. The maximum absolute atomic E-state index is 12.6. The molecule has 0 bridgehead atoms. The SMILES string of the molecule is CCOC(=O)Cn1c(C2CC(=O)N(Cc3ccccc3)C2)nc2ccccc21. The Hall–Kier alpha value is -3.15. The number of fused-ring (bicyclic) bond motifs is 1. The second kappa shape index (κ2) is 7.84. The van der Waals surface area contributed by atoms with Crippen LogP contribution in [0.2, 0.25) is 0 Å². The normalized spacial score (nSPS) is 16.7. The van der Waals surface area contributed by atoms with E-state index in [1.807, 2.05) is 64.1 Å². The molecule has 6 heteroatoms. The first-order valence-electron chi connectivity index (χ1n) is 9.58. The Morgan fingerprint density at radius 3 is 2.68 bits per heavy atom. The molecule has 4 rings (SSSR count). The lowest BCUT2D eigenvalue weighted by molar-refractivity contribution is -0.143. The number of hydrogen-bond donors (Lipinski definition) is 0. The minimum absolute atomic E-state index is 0.0435. The Morgan fingerprint density at radius 2 is 1.89 bits per heavy atom. The fraction of sp³-hybridized carbons (Fsp3) is 0.318. The van der Waals surface area contributed by atoms with E-state index in [0.717, 1.165) is 22.4 Å². The first kappa shape index (κ1) is 18.2. The zero-order valence-corrected chi connectivity index (χ0v) is 15.9. The third-order valence-electron chi connectivity index (χ3n) is 5.07. The third kappa shape index (κ3) is 3.63. The standard InChI is InChI=1S/C22H23N3O3/c1-2-28-21(27)15-25-19-11-7-6-10-18(19)23-22(25)17-12-20(26)24(14-17)13-16-8-4-3-5-9-16/h3-11,17H,2,12-15H2,1H3. The van der Waals surface area contributed by atoms with Crippen molar-refractivity contribution >= 4 is 22.9 Å². The molecular weight excluding hydrogens is 354 g/mol. The maximum atomic E-state index is 12.6. The molecule has 3 aromatic rings. The molecule has 1 atom stereocenters. The molecule has 0 spiro atoms. The number of nitrogens with zero attached hydrogens (tertiary/aromatic N) is 3. The number of esters is 1. The van der Waals surface area contributed by atoms with E-state index in [1.54, 1.807) is 6.92 Å². The van der Waals surface area contributed by atoms with Crippen molar-refractivity contribution in [3.63, 3.8) is 0 Å². The molecule has 6 nitrogen and oxygen atoms in total. The highest BCUT2D eigenvalue weighted by Gasteiger charge is 2.34. The largest absolute Gasteiger partial charge is 0.465 e. The lowest BCUT2D eigenvalue weighted by atomic mass is 10.1. The number of benzene rings is 2. The molecule has 1 saturated heterocycles. The molecule has 2 aromatic carbocycles. The first-order chi connectivity index (χ1) is 13.7. The number of likely N-dealkylation sites (tertiary alicyclic amines) is 1. The van der Waals surface area contributed by atoms with Gasteiger partial charge in [0.1, 0.15) is 12.4 Å². The number of amides is 1. The molecule has 1 fully saturated rings. The summed E-state index contributed by atoms with van der Waals surface area (Å²) in [7, 11) is 0. The summed E-state index contributed by atoms with van der Waals surface area (Å²) in [5.41, 5.74) is 2.83. The fourth-order valence-electron chi connectivity index (χ4n) is 3.81. The number of aromatic nitrogens is 2. The van der Waals surface area contributed by atoms with E-state index < -0.39 is 0 Å². The van der Waals surface area contributed by atoms with Crippen molar-refractivity contribution in [1.82, 2.24) is 14.5 Å². The molecule has 0 aliphatic carbocycles. The van der Waals surface area contributed by atoms with Crippen LogP contribution in [0.3, 0.4) is 0 Å². The number of carbonyl (C=O) groups excluding carboxylic acids is 2. The second-order valence-corrected chi connectivity index (χ2v) is 7.01. The Morgan fingerprint density at radius 1 is 1.14 bits per heavy atom. The quantitative estimate of drug-likeness (QED) is 0.619. The molecule has 1 aliphatic heterocycles. The molecule has 1 aliphatic rings. The zero-order valence-electron chi connectivity index (χ0n) is 15.9. The van der Waals surface area contributed by atoms with E-state index in [0.29, 0.717) is 26.1 Å². The zero-order chi connectivity index (χ0) is 19.5. The van der Waals surface area contributed by atoms with Crippen LogP contribution >= 0.6 is 0 Å². The Kier molecular flexibility index (Phi) is 5.10. The van der Waals surface area contributed by atoms with E-state index in [-0.39, 0.29) is 24.3 Å². The molecule has 28 heavy (non-hydrogen) atoms. The van der Waals surface area contributed by atoms with E-state index >= 15 is 0 Å². The van der Waals surface area contributed by atoms with Crippen LogP contribution in [0.4, 0.5) is 0 Å². The van der Waals surface area contributed by atoms with Gasteiger partial charge < -0.3 is 14.2 Å². The molecule has 144 valence electrons. The van der Waals surface area contributed by atoms with E-state index in [4.69, 9.17) is 9.72 Å². The van der Waals surface area contributed by atoms with Gasteiger partial charge in [-0.1, -0.05) is 42.5 Å². The smallest absolute Gasteiger partial charge is 0.326 e. The van der Waals surface area contributed by atoms with Crippen molar-refractivity contribution < 1.29 is 14.3 Å². The van der Waals surface area contributed by atoms with Crippen LogP contribution in [-0.2, 0) is 27.4 Å². The minimum Gasteiger partial charge on any atom is -0.465 e. The summed E-state index contributed by atoms with van der Waals surface area (Å²) >= 11 is 0. The van der Waals surface area contributed by atoms with E-state index in [1.165, 1.54) is 0 Å². The number of imidazole rings is 1. The number of hydrogen-bond acceptors (Lipinski definition) is 4. The third-order valence-corrected chi connectivity index (χ3v) is 5.07. The van der Waals surface area contributed by atoms with Gasteiger partial charge in [0, 0.05) is 25.4 Å². The second-order valence-electron chi connectivity index (χ2n) is 7.01. The van der Waals surface area contributed by atoms with Gasteiger partial charge in [0.15, 0.2) is 0 Å². The molecule has 0 N–H and O–H groups in total. The Balaban J connectivity index is 1.61. The molecular formula is C22H23N3O3. The summed E-state index contributed by atoms with van der Waals surface area (Å²) in [6.45, 7) is 3.43. The van der Waals surface area contributed by atoms with Gasteiger partial charge in [0.05, 0.1) is 17.6 Å². The molecule has 0 saturated carbocycles. The predicted molar refractivity (Wildman–Crippen MR) is 106 cm³/mol. The maximum Gasteiger partial charge on any atom is 0.326 e. The van der Waals surface area contributed by atoms with Crippen molar-refractivity contribution in [3.8, 4) is 0 Å². The molecule has 0 radical (unpaired) electrons. The molecule has 1 amide bonds. The number of carbonyl (C=O) groups is 2. The van der Waals surface area contributed by atoms with Crippen LogP contribution in [-0.4, -0.2) is 39.5 Å². The van der Waals surface area contributed by atoms with Crippen molar-refractivity contribution in [2.45, 2.75) is 32.4 Å². The van der Waals surface area contributed by atoms with Gasteiger partial charge in [-0.25, -0.2) is 4.98 Å². The van der Waals surface area contributed by atoms with Crippen molar-refractivity contribution in [3.05, 3.63) is 66.0 Å². The Labute approximate surface area is 163 Å². The number of para-hydroxylation sites is 2. The van der Waals surface area contributed by atoms with Crippen LogP contribution in [0.25, 0.3) is 11.0 Å². The van der Waals surface area contributed by atoms with Crippen molar-refractivity contribution in [1.29, 1.82) is 0 Å². The summed E-state index contributed by atoms with van der Waals surface area (Å²) in [6, 6.07) is 17.7. The van der Waals surface area contributed by atoms with Crippen molar-refractivity contribution in [2.75, 3.05) is 13.2 Å². The van der Waals surface area contributed by atoms with Gasteiger partial charge in [-0.2, -0.15) is 0 Å². The molecule has 1 aromatic heterocycles. The van der Waals surface area contributed by atoms with Gasteiger partial charge in [-0.05, 0) is 24.6 Å². The highest BCUT2D eigenvalue weighted by Crippen LogP contribution is 2.31. The lowest BCUT2D eigenvalue weighted by Gasteiger charge is -2.17. The average molecular weight is 377 g/mol. The minimum atomic E-state index is -0.294. The highest BCUT2D eigenvalue weighted by atomic mass is 16.5. The predicted octanol–water partition coefficient (Wildman–Crippen LogP) is 3.12. The fourth-order valence-corrected chi connectivity index (χ4v) is 3.81. The summed E-state index contributed by atoms with van der Waals surface area (Å²) in [5, 5.41) is 0. The van der Waals surface area contributed by atoms with Gasteiger partial charge >= 0.3 is 5.97 Å². The summed E-state index contributed by atoms with van der Waals surface area (Å²) in [5.74, 6) is 0.553. The van der Waals surface area contributed by atoms with Gasteiger partial charge in [0.2, 0.25) is 5.91 Å². The number of rotatable bonds is 6. The van der Waals surface area contributed by atoms with Gasteiger partial charge in [0.25, 0.3) is 0 Å². The summed E-state index contributed by atoms with van der Waals surface area (Å²) < 4.78 is 7.04. The van der Waals surface area contributed by atoms with Crippen LogP contribution < -0.4 is 0 Å². The molecule has 1 unspecified atom stereocenters.